The van der Waals surface area contributed by atoms with Crippen molar-refractivity contribution in [3.63, 3.8) is 0 Å². The fourth-order valence-corrected chi connectivity index (χ4v) is 3.17. The second-order valence-electron chi connectivity index (χ2n) is 7.00. The Labute approximate surface area is 183 Å². The number of carbonyl (C=O) groups excluding carboxylic acids is 3. The number of aryl methyl sites for hydroxylation is 2. The average molecular weight is 436 g/mol. The summed E-state index contributed by atoms with van der Waals surface area (Å²) in [6.45, 7) is 4.10. The normalized spacial score (nSPS) is 10.5. The van der Waals surface area contributed by atoms with Gasteiger partial charge in [0.05, 0.1) is 27.6 Å². The number of hydrogen-bond acceptors (Lipinski definition) is 7. The van der Waals surface area contributed by atoms with Crippen LogP contribution in [-0.4, -0.2) is 39.0 Å². The van der Waals surface area contributed by atoms with E-state index in [0.717, 1.165) is 5.69 Å². The van der Waals surface area contributed by atoms with Crippen molar-refractivity contribution in [1.82, 2.24) is 9.78 Å². The van der Waals surface area contributed by atoms with Gasteiger partial charge in [-0.25, -0.2) is 9.48 Å². The molecule has 0 bridgehead atoms. The van der Waals surface area contributed by atoms with E-state index in [2.05, 4.69) is 10.4 Å². The Morgan fingerprint density at radius 1 is 1.09 bits per heavy atom. The minimum Gasteiger partial charge on any atom is -0.450 e. The summed E-state index contributed by atoms with van der Waals surface area (Å²) in [5, 5.41) is 17.7. The summed E-state index contributed by atoms with van der Waals surface area (Å²) in [7, 11) is 0. The molecule has 3 rings (SSSR count). The van der Waals surface area contributed by atoms with Gasteiger partial charge in [-0.2, -0.15) is 5.10 Å². The third-order valence-electron chi connectivity index (χ3n) is 4.73. The van der Waals surface area contributed by atoms with Crippen molar-refractivity contribution in [1.29, 1.82) is 0 Å². The summed E-state index contributed by atoms with van der Waals surface area (Å²) in [5.74, 6) is -2.85. The highest BCUT2D eigenvalue weighted by Gasteiger charge is 2.27. The van der Waals surface area contributed by atoms with Gasteiger partial charge >= 0.3 is 5.97 Å². The number of rotatable bonds is 7. The first-order valence-electron chi connectivity index (χ1n) is 9.57. The van der Waals surface area contributed by atoms with Gasteiger partial charge in [0.15, 0.2) is 6.61 Å². The third kappa shape index (κ3) is 4.69. The number of para-hydroxylation sites is 1. The lowest BCUT2D eigenvalue weighted by Gasteiger charge is -2.07. The van der Waals surface area contributed by atoms with Gasteiger partial charge in [0.2, 0.25) is 0 Å². The third-order valence-corrected chi connectivity index (χ3v) is 4.73. The van der Waals surface area contributed by atoms with Gasteiger partial charge in [0.1, 0.15) is 0 Å². The molecule has 0 spiro atoms. The van der Waals surface area contributed by atoms with Gasteiger partial charge in [-0.05, 0) is 39.0 Å². The van der Waals surface area contributed by atoms with E-state index in [9.17, 15) is 24.5 Å². The molecule has 0 aliphatic rings. The van der Waals surface area contributed by atoms with E-state index in [1.165, 1.54) is 18.2 Å². The van der Waals surface area contributed by atoms with Crippen LogP contribution in [0.5, 0.6) is 0 Å². The molecule has 1 aromatic heterocycles. The summed E-state index contributed by atoms with van der Waals surface area (Å²) in [4.78, 5) is 47.4. The van der Waals surface area contributed by atoms with Crippen LogP contribution in [0.1, 0.15) is 27.3 Å². The van der Waals surface area contributed by atoms with Crippen LogP contribution >= 0.6 is 0 Å². The molecule has 10 nitrogen and oxygen atoms in total. The summed E-state index contributed by atoms with van der Waals surface area (Å²) in [6, 6.07) is 13.3. The molecule has 0 aliphatic heterocycles. The van der Waals surface area contributed by atoms with E-state index in [1.807, 2.05) is 30.3 Å². The number of nitro benzene ring substituents is 1. The molecule has 0 radical (unpaired) electrons. The topological polar surface area (TPSA) is 133 Å². The molecule has 0 unspecified atom stereocenters. The molecule has 10 heteroatoms. The van der Waals surface area contributed by atoms with Crippen molar-refractivity contribution in [3.05, 3.63) is 81.2 Å². The van der Waals surface area contributed by atoms with Crippen LogP contribution < -0.4 is 5.32 Å². The van der Waals surface area contributed by atoms with E-state index >= 15 is 0 Å². The molecule has 164 valence electrons. The molecular formula is C22H20N4O6. The molecule has 0 fully saturated rings. The number of Topliss-reactive ketones (excluding diaryl/α,β-unsaturated/α-hetero) is 1. The summed E-state index contributed by atoms with van der Waals surface area (Å²) >= 11 is 0. The van der Waals surface area contributed by atoms with E-state index in [1.54, 1.807) is 25.5 Å². The highest BCUT2D eigenvalue weighted by molar-refractivity contribution is 6.41. The van der Waals surface area contributed by atoms with Crippen LogP contribution in [0, 0.1) is 30.9 Å². The van der Waals surface area contributed by atoms with Crippen molar-refractivity contribution in [3.8, 4) is 5.69 Å². The molecule has 3 aromatic rings. The first-order chi connectivity index (χ1) is 15.2. The first-order valence-corrected chi connectivity index (χ1v) is 9.57. The zero-order valence-electron chi connectivity index (χ0n) is 17.6. The fraction of sp³-hybridized carbons (Fsp3) is 0.182. The molecule has 0 aliphatic carbocycles. The Bertz CT molecular complexity index is 1220. The van der Waals surface area contributed by atoms with Crippen molar-refractivity contribution in [2.45, 2.75) is 20.8 Å². The quantitative estimate of drug-likeness (QED) is 0.198. The number of aromatic nitrogens is 2. The number of hydrogen-bond donors (Lipinski definition) is 1. The molecule has 0 saturated heterocycles. The Morgan fingerprint density at radius 2 is 1.78 bits per heavy atom. The second kappa shape index (κ2) is 9.21. The monoisotopic (exact) mass is 436 g/mol. The number of benzene rings is 2. The number of ether oxygens (including phenoxy) is 1. The lowest BCUT2D eigenvalue weighted by Crippen LogP contribution is -2.25. The molecule has 2 aromatic carbocycles. The molecule has 1 amide bonds. The maximum Gasteiger partial charge on any atom is 0.380 e. The SMILES string of the molecule is Cc1ccc(NC(=O)COC(=O)C(=O)c2c(C)nn(-c3ccccc3)c2C)cc1[N+](=O)[O-]. The van der Waals surface area contributed by atoms with E-state index in [-0.39, 0.29) is 16.9 Å². The number of nitrogens with zero attached hydrogens (tertiary/aromatic N) is 3. The minimum absolute atomic E-state index is 0.105. The number of nitrogens with one attached hydrogen (secondary N) is 1. The second-order valence-corrected chi connectivity index (χ2v) is 7.00. The van der Waals surface area contributed by atoms with Crippen LogP contribution in [0.2, 0.25) is 0 Å². The molecule has 0 atom stereocenters. The van der Waals surface area contributed by atoms with Crippen LogP contribution in [-0.2, 0) is 14.3 Å². The lowest BCUT2D eigenvalue weighted by molar-refractivity contribution is -0.385. The number of anilines is 1. The Kier molecular flexibility index (Phi) is 6.43. The maximum absolute atomic E-state index is 12.6. The number of carbonyl (C=O) groups is 3. The first kappa shape index (κ1) is 22.3. The molecule has 0 saturated carbocycles. The zero-order valence-corrected chi connectivity index (χ0v) is 17.6. The molecule has 1 N–H and O–H groups in total. The zero-order chi connectivity index (χ0) is 23.4. The van der Waals surface area contributed by atoms with E-state index in [4.69, 9.17) is 4.74 Å². The van der Waals surface area contributed by atoms with Crippen molar-refractivity contribution in [2.75, 3.05) is 11.9 Å². The van der Waals surface area contributed by atoms with Crippen LogP contribution in [0.15, 0.2) is 48.5 Å². The molecule has 1 heterocycles. The predicted molar refractivity (Wildman–Crippen MR) is 115 cm³/mol. The number of ketones is 1. The smallest absolute Gasteiger partial charge is 0.380 e. The summed E-state index contributed by atoms with van der Waals surface area (Å²) in [6.07, 6.45) is 0. The highest BCUT2D eigenvalue weighted by Crippen LogP contribution is 2.22. The summed E-state index contributed by atoms with van der Waals surface area (Å²) < 4.78 is 6.40. The number of esters is 1. The van der Waals surface area contributed by atoms with E-state index < -0.39 is 29.2 Å². The largest absolute Gasteiger partial charge is 0.450 e. The molecular weight excluding hydrogens is 416 g/mol. The van der Waals surface area contributed by atoms with Crippen LogP contribution in [0.3, 0.4) is 0 Å². The lowest BCUT2D eigenvalue weighted by atomic mass is 10.1. The van der Waals surface area contributed by atoms with Gasteiger partial charge in [-0.1, -0.05) is 24.3 Å². The van der Waals surface area contributed by atoms with Gasteiger partial charge in [0.25, 0.3) is 17.4 Å². The van der Waals surface area contributed by atoms with Gasteiger partial charge in [-0.15, -0.1) is 0 Å². The van der Waals surface area contributed by atoms with E-state index in [0.29, 0.717) is 17.0 Å². The Balaban J connectivity index is 1.66. The Morgan fingerprint density at radius 3 is 2.44 bits per heavy atom. The molecule has 32 heavy (non-hydrogen) atoms. The highest BCUT2D eigenvalue weighted by atomic mass is 16.6. The fourth-order valence-electron chi connectivity index (χ4n) is 3.17. The number of amides is 1. The average Bonchev–Trinajstić information content (AvgIpc) is 3.07. The number of nitro groups is 1. The summed E-state index contributed by atoms with van der Waals surface area (Å²) in [5.41, 5.74) is 2.10. The van der Waals surface area contributed by atoms with Crippen LogP contribution in [0.25, 0.3) is 5.69 Å². The van der Waals surface area contributed by atoms with Gasteiger partial charge in [0, 0.05) is 17.3 Å². The maximum atomic E-state index is 12.6. The van der Waals surface area contributed by atoms with Crippen LogP contribution in [0.4, 0.5) is 11.4 Å². The van der Waals surface area contributed by atoms with Crippen molar-refractivity contribution < 1.29 is 24.0 Å². The minimum atomic E-state index is -1.20. The Hall–Kier alpha value is -4.34. The van der Waals surface area contributed by atoms with Crippen molar-refractivity contribution >= 4 is 29.0 Å². The van der Waals surface area contributed by atoms with Gasteiger partial charge < -0.3 is 10.1 Å². The predicted octanol–water partition coefficient (Wildman–Crippen LogP) is 3.07. The van der Waals surface area contributed by atoms with Crippen molar-refractivity contribution in [2.24, 2.45) is 0 Å². The van der Waals surface area contributed by atoms with Gasteiger partial charge in [-0.3, -0.25) is 19.7 Å². The standard InChI is InChI=1S/C22H20N4O6/c1-13-9-10-16(11-18(13)26(30)31)23-19(27)12-32-22(29)21(28)20-14(2)24-25(15(20)3)17-7-5-4-6-8-17/h4-11H,12H2,1-3H3,(H,23,27).